The highest BCUT2D eigenvalue weighted by molar-refractivity contribution is 5.86. The third-order valence-corrected chi connectivity index (χ3v) is 2.89. The number of rotatable bonds is 6. The molecule has 0 saturated carbocycles. The number of carbonyl (C=O) groups excluding carboxylic acids is 1. The average molecular weight is 260 g/mol. The molecule has 0 aromatic heterocycles. The Morgan fingerprint density at radius 2 is 1.89 bits per heavy atom. The molecule has 102 valence electrons. The Labute approximate surface area is 114 Å². The summed E-state index contributed by atoms with van der Waals surface area (Å²) >= 11 is 0. The first-order valence-corrected chi connectivity index (χ1v) is 6.14. The van der Waals surface area contributed by atoms with Crippen molar-refractivity contribution < 1.29 is 14.3 Å². The number of aryl methyl sites for hydroxylation is 1. The van der Waals surface area contributed by atoms with Crippen molar-refractivity contribution in [1.82, 2.24) is 0 Å². The van der Waals surface area contributed by atoms with E-state index in [0.29, 0.717) is 0 Å². The van der Waals surface area contributed by atoms with Crippen molar-refractivity contribution >= 4 is 5.97 Å². The van der Waals surface area contributed by atoms with Gasteiger partial charge in [-0.15, -0.1) is 6.58 Å². The molecule has 3 heteroatoms. The van der Waals surface area contributed by atoms with Gasteiger partial charge in [-0.2, -0.15) is 0 Å². The van der Waals surface area contributed by atoms with Crippen LogP contribution >= 0.6 is 0 Å². The van der Waals surface area contributed by atoms with Crippen molar-refractivity contribution in [3.8, 4) is 0 Å². The van der Waals surface area contributed by atoms with E-state index in [1.54, 1.807) is 6.08 Å². The van der Waals surface area contributed by atoms with Crippen molar-refractivity contribution in [2.24, 2.45) is 0 Å². The SMILES string of the molecule is C=CCC(/C=C(\OC)C(=O)OC)c1ccc(C)cc1. The van der Waals surface area contributed by atoms with Gasteiger partial charge in [0.05, 0.1) is 14.2 Å². The molecular formula is C16H20O3. The lowest BCUT2D eigenvalue weighted by Gasteiger charge is -2.13. The van der Waals surface area contributed by atoms with Crippen LogP contribution in [-0.4, -0.2) is 20.2 Å². The zero-order valence-corrected chi connectivity index (χ0v) is 11.7. The van der Waals surface area contributed by atoms with Gasteiger partial charge in [0.1, 0.15) is 0 Å². The number of benzene rings is 1. The molecule has 0 spiro atoms. The summed E-state index contributed by atoms with van der Waals surface area (Å²) in [5, 5.41) is 0. The van der Waals surface area contributed by atoms with Crippen molar-refractivity contribution in [2.45, 2.75) is 19.3 Å². The molecule has 3 nitrogen and oxygen atoms in total. The molecule has 0 amide bonds. The monoisotopic (exact) mass is 260 g/mol. The van der Waals surface area contributed by atoms with Crippen LogP contribution in [0.1, 0.15) is 23.5 Å². The molecule has 1 aromatic rings. The molecule has 19 heavy (non-hydrogen) atoms. The van der Waals surface area contributed by atoms with Crippen LogP contribution in [0.2, 0.25) is 0 Å². The quantitative estimate of drug-likeness (QED) is 0.340. The Hall–Kier alpha value is -2.03. The molecule has 0 heterocycles. The summed E-state index contributed by atoms with van der Waals surface area (Å²) in [6, 6.07) is 8.18. The van der Waals surface area contributed by atoms with Crippen LogP contribution in [-0.2, 0) is 14.3 Å². The predicted octanol–water partition coefficient (Wildman–Crippen LogP) is 3.36. The minimum atomic E-state index is -0.469. The Morgan fingerprint density at radius 1 is 1.26 bits per heavy atom. The van der Waals surface area contributed by atoms with Gasteiger partial charge in [0.2, 0.25) is 5.76 Å². The van der Waals surface area contributed by atoms with Crippen LogP contribution in [0.5, 0.6) is 0 Å². The minimum absolute atomic E-state index is 0.0483. The van der Waals surface area contributed by atoms with E-state index >= 15 is 0 Å². The Kier molecular flexibility index (Phi) is 5.86. The van der Waals surface area contributed by atoms with Gasteiger partial charge in [0.25, 0.3) is 0 Å². The largest absolute Gasteiger partial charge is 0.490 e. The fraction of sp³-hybridized carbons (Fsp3) is 0.312. The molecule has 1 aromatic carbocycles. The summed E-state index contributed by atoms with van der Waals surface area (Å²) in [7, 11) is 2.80. The number of allylic oxidation sites excluding steroid dienone is 2. The van der Waals surface area contributed by atoms with Crippen molar-refractivity contribution in [1.29, 1.82) is 0 Å². The van der Waals surface area contributed by atoms with E-state index in [4.69, 9.17) is 4.74 Å². The fourth-order valence-corrected chi connectivity index (χ4v) is 1.80. The highest BCUT2D eigenvalue weighted by atomic mass is 16.6. The van der Waals surface area contributed by atoms with Gasteiger partial charge in [-0.05, 0) is 25.0 Å². The van der Waals surface area contributed by atoms with Gasteiger partial charge in [0, 0.05) is 5.92 Å². The second-order valence-corrected chi connectivity index (χ2v) is 4.27. The standard InChI is InChI=1S/C16H20O3/c1-5-6-14(11-15(18-3)16(17)19-4)13-9-7-12(2)8-10-13/h5,7-11,14H,1,6H2,2-4H3/b15-11-. The van der Waals surface area contributed by atoms with Gasteiger partial charge in [-0.3, -0.25) is 0 Å². The number of hydrogen-bond acceptors (Lipinski definition) is 3. The molecule has 0 bridgehead atoms. The van der Waals surface area contributed by atoms with E-state index in [1.807, 2.05) is 37.3 Å². The molecule has 0 fully saturated rings. The van der Waals surface area contributed by atoms with Crippen molar-refractivity contribution in [3.05, 3.63) is 59.9 Å². The Balaban J connectivity index is 3.06. The highest BCUT2D eigenvalue weighted by Crippen LogP contribution is 2.24. The zero-order chi connectivity index (χ0) is 14.3. The number of carbonyl (C=O) groups is 1. The second kappa shape index (κ2) is 7.41. The maximum absolute atomic E-state index is 11.5. The lowest BCUT2D eigenvalue weighted by molar-refractivity contribution is -0.139. The normalized spacial score (nSPS) is 12.7. The molecule has 1 rings (SSSR count). The molecule has 0 saturated heterocycles. The Bertz CT molecular complexity index is 457. The van der Waals surface area contributed by atoms with Crippen molar-refractivity contribution in [2.75, 3.05) is 14.2 Å². The number of hydrogen-bond donors (Lipinski definition) is 0. The van der Waals surface area contributed by atoms with E-state index in [-0.39, 0.29) is 11.7 Å². The summed E-state index contributed by atoms with van der Waals surface area (Å²) in [5.41, 5.74) is 2.31. The number of methoxy groups -OCH3 is 2. The predicted molar refractivity (Wildman–Crippen MR) is 75.8 cm³/mol. The summed E-state index contributed by atoms with van der Waals surface area (Å²) in [5.74, 6) is -0.203. The smallest absolute Gasteiger partial charge is 0.372 e. The second-order valence-electron chi connectivity index (χ2n) is 4.27. The minimum Gasteiger partial charge on any atom is -0.490 e. The lowest BCUT2D eigenvalue weighted by Crippen LogP contribution is -2.08. The maximum atomic E-state index is 11.5. The number of ether oxygens (including phenoxy) is 2. The van der Waals surface area contributed by atoms with Gasteiger partial charge >= 0.3 is 5.97 Å². The Morgan fingerprint density at radius 3 is 2.37 bits per heavy atom. The van der Waals surface area contributed by atoms with E-state index in [0.717, 1.165) is 12.0 Å². The van der Waals surface area contributed by atoms with E-state index in [2.05, 4.69) is 11.3 Å². The summed E-state index contributed by atoms with van der Waals surface area (Å²) in [4.78, 5) is 11.5. The molecule has 1 atom stereocenters. The summed E-state index contributed by atoms with van der Waals surface area (Å²) < 4.78 is 9.76. The van der Waals surface area contributed by atoms with Crippen LogP contribution in [0.4, 0.5) is 0 Å². The summed E-state index contributed by atoms with van der Waals surface area (Å²) in [6.07, 6.45) is 4.33. The molecule has 1 unspecified atom stereocenters. The third-order valence-electron chi connectivity index (χ3n) is 2.89. The van der Waals surface area contributed by atoms with Gasteiger partial charge in [-0.1, -0.05) is 35.9 Å². The van der Waals surface area contributed by atoms with Crippen LogP contribution < -0.4 is 0 Å². The first kappa shape index (κ1) is 15.0. The fourth-order valence-electron chi connectivity index (χ4n) is 1.80. The molecule has 0 aliphatic heterocycles. The average Bonchev–Trinajstić information content (AvgIpc) is 2.43. The molecule has 0 N–H and O–H groups in total. The zero-order valence-electron chi connectivity index (χ0n) is 11.7. The highest BCUT2D eigenvalue weighted by Gasteiger charge is 2.14. The van der Waals surface area contributed by atoms with Crippen LogP contribution in [0.3, 0.4) is 0 Å². The van der Waals surface area contributed by atoms with E-state index in [1.165, 1.54) is 19.8 Å². The van der Waals surface area contributed by atoms with Crippen LogP contribution in [0.15, 0.2) is 48.8 Å². The molecule has 0 radical (unpaired) electrons. The maximum Gasteiger partial charge on any atom is 0.372 e. The first-order chi connectivity index (χ1) is 9.12. The molecule has 0 aliphatic rings. The van der Waals surface area contributed by atoms with E-state index < -0.39 is 5.97 Å². The molecule has 0 aliphatic carbocycles. The van der Waals surface area contributed by atoms with Crippen molar-refractivity contribution in [3.63, 3.8) is 0 Å². The van der Waals surface area contributed by atoms with E-state index in [9.17, 15) is 4.79 Å². The van der Waals surface area contributed by atoms with Gasteiger partial charge in [-0.25, -0.2) is 4.79 Å². The van der Waals surface area contributed by atoms with Gasteiger partial charge in [0.15, 0.2) is 0 Å². The topological polar surface area (TPSA) is 35.5 Å². The lowest BCUT2D eigenvalue weighted by atomic mass is 9.94. The molecular weight excluding hydrogens is 240 g/mol. The summed E-state index contributed by atoms with van der Waals surface area (Å²) in [6.45, 7) is 5.79. The first-order valence-electron chi connectivity index (χ1n) is 6.14. The van der Waals surface area contributed by atoms with Gasteiger partial charge < -0.3 is 9.47 Å². The van der Waals surface area contributed by atoms with Crippen LogP contribution in [0.25, 0.3) is 0 Å². The third kappa shape index (κ3) is 4.28. The number of esters is 1. The van der Waals surface area contributed by atoms with Crippen LogP contribution in [0, 0.1) is 6.92 Å².